The van der Waals surface area contributed by atoms with E-state index < -0.39 is 0 Å². The van der Waals surface area contributed by atoms with E-state index >= 15 is 0 Å². The minimum atomic E-state index is -0.320. The lowest BCUT2D eigenvalue weighted by Gasteiger charge is -2.13. The Morgan fingerprint density at radius 1 is 1.33 bits per heavy atom. The summed E-state index contributed by atoms with van der Waals surface area (Å²) in [5.41, 5.74) is 3.62. The van der Waals surface area contributed by atoms with E-state index in [1.807, 2.05) is 42.9 Å². The fraction of sp³-hybridized carbons (Fsp3) is 0.364. The van der Waals surface area contributed by atoms with E-state index in [0.29, 0.717) is 18.9 Å². The van der Waals surface area contributed by atoms with Crippen LogP contribution in [0.2, 0.25) is 0 Å². The lowest BCUT2D eigenvalue weighted by molar-refractivity contribution is -0.128. The van der Waals surface area contributed by atoms with Crippen LogP contribution in [0.5, 0.6) is 5.75 Å². The minimum Gasteiger partial charge on any atom is -0.497 e. The van der Waals surface area contributed by atoms with Gasteiger partial charge in [-0.25, -0.2) is 9.97 Å². The van der Waals surface area contributed by atoms with E-state index in [-0.39, 0.29) is 24.2 Å². The maximum absolute atomic E-state index is 12.6. The molecule has 3 aromatic rings. The first-order valence-electron chi connectivity index (χ1n) is 9.85. The number of carbonyl (C=O) groups excluding carboxylic acids is 2. The zero-order chi connectivity index (χ0) is 21.4. The number of benzene rings is 1. The van der Waals surface area contributed by atoms with Crippen LogP contribution in [0.4, 0.5) is 0 Å². The number of aryl methyl sites for hydroxylation is 2. The Balaban J connectivity index is 1.66. The molecule has 2 amide bonds. The second kappa shape index (κ2) is 7.78. The Labute approximate surface area is 174 Å². The molecule has 0 bridgehead atoms. The molecule has 1 aliphatic heterocycles. The van der Waals surface area contributed by atoms with Gasteiger partial charge in [0.2, 0.25) is 11.8 Å². The van der Waals surface area contributed by atoms with Gasteiger partial charge in [-0.3, -0.25) is 9.59 Å². The first-order valence-corrected chi connectivity index (χ1v) is 9.85. The molecule has 3 heterocycles. The van der Waals surface area contributed by atoms with Crippen molar-refractivity contribution in [3.05, 3.63) is 42.0 Å². The molecule has 2 aromatic heterocycles. The van der Waals surface area contributed by atoms with Gasteiger partial charge in [-0.2, -0.15) is 0 Å². The minimum absolute atomic E-state index is 0.000731. The van der Waals surface area contributed by atoms with Gasteiger partial charge in [0.15, 0.2) is 0 Å². The Bertz CT molecular complexity index is 1140. The summed E-state index contributed by atoms with van der Waals surface area (Å²) in [4.78, 5) is 34.9. The second-order valence-electron chi connectivity index (χ2n) is 7.72. The van der Waals surface area contributed by atoms with Crippen molar-refractivity contribution in [1.29, 1.82) is 0 Å². The number of nitrogens with one attached hydrogen (secondary N) is 1. The van der Waals surface area contributed by atoms with Gasteiger partial charge < -0.3 is 19.5 Å². The monoisotopic (exact) mass is 407 g/mol. The van der Waals surface area contributed by atoms with Gasteiger partial charge >= 0.3 is 0 Å². The third kappa shape index (κ3) is 3.60. The van der Waals surface area contributed by atoms with Gasteiger partial charge in [0.25, 0.3) is 0 Å². The summed E-state index contributed by atoms with van der Waals surface area (Å²) >= 11 is 0. The molecule has 0 spiro atoms. The summed E-state index contributed by atoms with van der Waals surface area (Å²) in [5.74, 6) is 0.978. The highest BCUT2D eigenvalue weighted by Crippen LogP contribution is 2.33. The Morgan fingerprint density at radius 3 is 2.83 bits per heavy atom. The average molecular weight is 407 g/mol. The number of amides is 2. The molecule has 1 atom stereocenters. The number of likely N-dealkylation sites (tertiary alicyclic amines) is 1. The number of hydrogen-bond donors (Lipinski definition) is 1. The van der Waals surface area contributed by atoms with Crippen LogP contribution >= 0.6 is 0 Å². The average Bonchev–Trinajstić information content (AvgIpc) is 3.25. The summed E-state index contributed by atoms with van der Waals surface area (Å²) in [6, 6.07) is 5.93. The number of nitrogens with zero attached hydrogens (tertiary/aromatic N) is 4. The molecule has 0 unspecified atom stereocenters. The van der Waals surface area contributed by atoms with E-state index in [1.54, 1.807) is 25.3 Å². The number of methoxy groups -OCH3 is 1. The van der Waals surface area contributed by atoms with E-state index in [9.17, 15) is 9.59 Å². The number of carbonyl (C=O) groups is 2. The van der Waals surface area contributed by atoms with E-state index in [0.717, 1.165) is 33.5 Å². The second-order valence-corrected chi connectivity index (χ2v) is 7.72. The van der Waals surface area contributed by atoms with Crippen LogP contribution in [0.3, 0.4) is 0 Å². The van der Waals surface area contributed by atoms with Crippen molar-refractivity contribution in [3.63, 3.8) is 0 Å². The molecule has 1 fully saturated rings. The fourth-order valence-electron chi connectivity index (χ4n) is 3.91. The smallest absolute Gasteiger partial charge is 0.225 e. The highest BCUT2D eigenvalue weighted by molar-refractivity contribution is 5.96. The highest BCUT2D eigenvalue weighted by Gasteiger charge is 2.32. The van der Waals surface area contributed by atoms with Crippen molar-refractivity contribution in [2.24, 2.45) is 13.0 Å². The zero-order valence-corrected chi connectivity index (χ0v) is 17.6. The van der Waals surface area contributed by atoms with Gasteiger partial charge in [0, 0.05) is 68.0 Å². The quantitative estimate of drug-likeness (QED) is 0.699. The predicted molar refractivity (Wildman–Crippen MR) is 113 cm³/mol. The van der Waals surface area contributed by atoms with E-state index in [1.165, 1.54) is 0 Å². The molecule has 0 radical (unpaired) electrons. The molecule has 30 heavy (non-hydrogen) atoms. The van der Waals surface area contributed by atoms with Crippen molar-refractivity contribution < 1.29 is 14.3 Å². The topological polar surface area (TPSA) is 89.3 Å². The normalized spacial score (nSPS) is 16.3. The molecule has 156 valence electrons. The first kappa shape index (κ1) is 19.9. The molecule has 1 aliphatic rings. The molecule has 4 rings (SSSR count). The number of hydrogen-bond acceptors (Lipinski definition) is 5. The fourth-order valence-corrected chi connectivity index (χ4v) is 3.91. The van der Waals surface area contributed by atoms with Gasteiger partial charge in [-0.1, -0.05) is 0 Å². The third-order valence-corrected chi connectivity index (χ3v) is 5.60. The summed E-state index contributed by atoms with van der Waals surface area (Å²) in [6.45, 7) is 2.59. The molecular weight excluding hydrogens is 382 g/mol. The molecule has 8 heteroatoms. The molecule has 1 N–H and O–H groups in total. The van der Waals surface area contributed by atoms with Crippen molar-refractivity contribution in [2.75, 3.05) is 20.7 Å². The maximum atomic E-state index is 12.6. The lowest BCUT2D eigenvalue weighted by atomic mass is 10.0. The zero-order valence-electron chi connectivity index (χ0n) is 17.6. The van der Waals surface area contributed by atoms with Gasteiger partial charge in [-0.05, 0) is 25.1 Å². The lowest BCUT2D eigenvalue weighted by Crippen LogP contribution is -2.32. The largest absolute Gasteiger partial charge is 0.497 e. The van der Waals surface area contributed by atoms with Crippen LogP contribution in [0, 0.1) is 12.8 Å². The Morgan fingerprint density at radius 2 is 2.13 bits per heavy atom. The first-order chi connectivity index (χ1) is 14.4. The summed E-state index contributed by atoms with van der Waals surface area (Å²) < 4.78 is 7.44. The van der Waals surface area contributed by atoms with Crippen LogP contribution in [0.15, 0.2) is 30.6 Å². The molecule has 1 saturated heterocycles. The molecule has 0 saturated carbocycles. The van der Waals surface area contributed by atoms with Gasteiger partial charge in [0.05, 0.1) is 18.7 Å². The Hall–Kier alpha value is -3.42. The van der Waals surface area contributed by atoms with Crippen LogP contribution in [0.25, 0.3) is 22.2 Å². The molecule has 1 aromatic carbocycles. The number of ether oxygens (including phenoxy) is 1. The van der Waals surface area contributed by atoms with Crippen LogP contribution < -0.4 is 10.1 Å². The number of rotatable bonds is 5. The SMILES string of the molecule is COc1ccc2c(c1)c(-c1nc(C)ncc1CNC(=O)[C@H]1CC(=O)N(C)C1)cn2C. The summed E-state index contributed by atoms with van der Waals surface area (Å²) in [6.07, 6.45) is 4.04. The number of aromatic nitrogens is 3. The maximum Gasteiger partial charge on any atom is 0.225 e. The molecule has 0 aliphatic carbocycles. The van der Waals surface area contributed by atoms with Gasteiger partial charge in [-0.15, -0.1) is 0 Å². The molecule has 8 nitrogen and oxygen atoms in total. The van der Waals surface area contributed by atoms with E-state index in [2.05, 4.69) is 15.3 Å². The number of fused-ring (bicyclic) bond motifs is 1. The highest BCUT2D eigenvalue weighted by atomic mass is 16.5. The third-order valence-electron chi connectivity index (χ3n) is 5.60. The van der Waals surface area contributed by atoms with E-state index in [4.69, 9.17) is 4.74 Å². The van der Waals surface area contributed by atoms with Crippen LogP contribution in [-0.2, 0) is 23.2 Å². The summed E-state index contributed by atoms with van der Waals surface area (Å²) in [7, 11) is 5.35. The van der Waals surface area contributed by atoms with Crippen LogP contribution in [0.1, 0.15) is 17.8 Å². The van der Waals surface area contributed by atoms with Crippen molar-refractivity contribution in [2.45, 2.75) is 19.9 Å². The van der Waals surface area contributed by atoms with Crippen molar-refractivity contribution >= 4 is 22.7 Å². The van der Waals surface area contributed by atoms with Gasteiger partial charge in [0.1, 0.15) is 11.6 Å². The molecular formula is C22H25N5O3. The Kier molecular flexibility index (Phi) is 5.15. The predicted octanol–water partition coefficient (Wildman–Crippen LogP) is 2.05. The van der Waals surface area contributed by atoms with Crippen molar-refractivity contribution in [1.82, 2.24) is 24.8 Å². The van der Waals surface area contributed by atoms with Crippen LogP contribution in [-0.4, -0.2) is 52.0 Å². The standard InChI is InChI=1S/C22H25N5O3/c1-13-23-9-15(10-24-22(29)14-7-20(28)27(3)11-14)21(25-13)18-12-26(2)19-6-5-16(30-4)8-17(18)19/h5-6,8-9,12,14H,7,10-11H2,1-4H3,(H,24,29)/t14-/m0/s1. The summed E-state index contributed by atoms with van der Waals surface area (Å²) in [5, 5.41) is 3.98. The van der Waals surface area contributed by atoms with Crippen molar-refractivity contribution in [3.8, 4) is 17.0 Å².